The van der Waals surface area contributed by atoms with Crippen molar-refractivity contribution in [3.63, 3.8) is 0 Å². The van der Waals surface area contributed by atoms with Crippen molar-refractivity contribution in [2.24, 2.45) is 0 Å². The Morgan fingerprint density at radius 2 is 2.37 bits per heavy atom. The van der Waals surface area contributed by atoms with Crippen LogP contribution in [-0.2, 0) is 19.1 Å². The molecular weight excluding hydrogens is 270 g/mol. The molecule has 6 nitrogen and oxygen atoms in total. The molecule has 0 aromatic carbocycles. The maximum absolute atomic E-state index is 11.4. The molecule has 2 atom stereocenters. The van der Waals surface area contributed by atoms with Crippen LogP contribution in [0.1, 0.15) is 25.7 Å². The van der Waals surface area contributed by atoms with E-state index in [0.717, 1.165) is 19.3 Å². The molecular formula is C12H15NO5S. The van der Waals surface area contributed by atoms with Crippen molar-refractivity contribution in [3.05, 3.63) is 10.6 Å². The number of hydrogen-bond acceptors (Lipinski definition) is 5. The summed E-state index contributed by atoms with van der Waals surface area (Å²) in [4.78, 5) is 24.7. The minimum absolute atomic E-state index is 0.0514. The van der Waals surface area contributed by atoms with Gasteiger partial charge < -0.3 is 14.6 Å². The van der Waals surface area contributed by atoms with Gasteiger partial charge in [0.2, 0.25) is 5.91 Å². The fourth-order valence-electron chi connectivity index (χ4n) is 2.44. The third kappa shape index (κ3) is 2.37. The molecule has 1 unspecified atom stereocenters. The molecule has 2 saturated heterocycles. The number of ether oxygens (including phenoxy) is 2. The first kappa shape index (κ1) is 13.0. The Hall–Kier alpha value is -1.05. The molecule has 0 aromatic rings. The van der Waals surface area contributed by atoms with Gasteiger partial charge in [0, 0.05) is 11.5 Å². The van der Waals surface area contributed by atoms with Crippen LogP contribution in [0.3, 0.4) is 0 Å². The maximum Gasteiger partial charge on any atom is 0.353 e. The van der Waals surface area contributed by atoms with E-state index < -0.39 is 5.97 Å². The lowest BCUT2D eigenvalue weighted by Gasteiger charge is -2.33. The Labute approximate surface area is 114 Å². The van der Waals surface area contributed by atoms with Gasteiger partial charge in [-0.25, -0.2) is 4.79 Å². The maximum atomic E-state index is 11.4. The number of aliphatic carboxylic acids is 1. The van der Waals surface area contributed by atoms with Crippen LogP contribution in [0.25, 0.3) is 0 Å². The minimum Gasteiger partial charge on any atom is -0.477 e. The molecule has 3 heterocycles. The van der Waals surface area contributed by atoms with E-state index in [4.69, 9.17) is 9.47 Å². The SMILES string of the molecule is O=C(O)C1=C(COC2CCCCO2)S[C@@H]2CC(=O)N12. The molecule has 7 heteroatoms. The number of fused-ring (bicyclic) bond motifs is 1. The van der Waals surface area contributed by atoms with E-state index >= 15 is 0 Å². The van der Waals surface area contributed by atoms with Crippen molar-refractivity contribution in [1.29, 1.82) is 0 Å². The number of carbonyl (C=O) groups is 2. The molecule has 0 saturated carbocycles. The number of carboxylic acid groups (broad SMARTS) is 1. The lowest BCUT2D eigenvalue weighted by Crippen LogP contribution is -2.48. The Kier molecular flexibility index (Phi) is 3.51. The average molecular weight is 285 g/mol. The highest BCUT2D eigenvalue weighted by Crippen LogP contribution is 2.46. The summed E-state index contributed by atoms with van der Waals surface area (Å²) in [5.74, 6) is -1.19. The number of rotatable bonds is 4. The number of nitrogens with zero attached hydrogens (tertiary/aromatic N) is 1. The standard InChI is InChI=1S/C12H15NO5S/c14-8-5-9-13(8)11(12(15)16)7(19-9)6-18-10-3-1-2-4-17-10/h9-10H,1-6H2,(H,15,16)/t9-,10?/m1/s1. The average Bonchev–Trinajstić information content (AvgIpc) is 2.70. The van der Waals surface area contributed by atoms with Gasteiger partial charge in [-0.15, -0.1) is 0 Å². The number of β-lactam (4-membered cyclic amide) rings is 1. The van der Waals surface area contributed by atoms with Crippen molar-refractivity contribution < 1.29 is 24.2 Å². The lowest BCUT2D eigenvalue weighted by atomic mass is 10.1. The number of carbonyl (C=O) groups excluding carboxylic acids is 1. The van der Waals surface area contributed by atoms with Gasteiger partial charge in [0.25, 0.3) is 0 Å². The highest BCUT2D eigenvalue weighted by atomic mass is 32.2. The highest BCUT2D eigenvalue weighted by molar-refractivity contribution is 8.04. The van der Waals surface area contributed by atoms with Crippen LogP contribution in [0.5, 0.6) is 0 Å². The predicted octanol–water partition coefficient (Wildman–Crippen LogP) is 1.13. The van der Waals surface area contributed by atoms with E-state index in [1.54, 1.807) is 0 Å². The normalized spacial score (nSPS) is 30.3. The van der Waals surface area contributed by atoms with Crippen LogP contribution >= 0.6 is 11.8 Å². The van der Waals surface area contributed by atoms with Gasteiger partial charge in [0.1, 0.15) is 5.70 Å². The summed E-state index contributed by atoms with van der Waals surface area (Å²) >= 11 is 1.41. The number of hydrogen-bond donors (Lipinski definition) is 1. The van der Waals surface area contributed by atoms with Crippen LogP contribution < -0.4 is 0 Å². The van der Waals surface area contributed by atoms with Gasteiger partial charge in [0.15, 0.2) is 6.29 Å². The van der Waals surface area contributed by atoms with E-state index in [-0.39, 0.29) is 29.9 Å². The van der Waals surface area contributed by atoms with Crippen molar-refractivity contribution in [3.8, 4) is 0 Å². The number of carboxylic acids is 1. The summed E-state index contributed by atoms with van der Waals surface area (Å²) in [5.41, 5.74) is 0.0852. The van der Waals surface area contributed by atoms with Gasteiger partial charge in [-0.2, -0.15) is 0 Å². The molecule has 1 amide bonds. The second-order valence-electron chi connectivity index (χ2n) is 4.72. The van der Waals surface area contributed by atoms with Crippen LogP contribution in [0.2, 0.25) is 0 Å². The minimum atomic E-state index is -1.06. The summed E-state index contributed by atoms with van der Waals surface area (Å²) in [6.45, 7) is 0.896. The van der Waals surface area contributed by atoms with Crippen molar-refractivity contribution in [2.45, 2.75) is 37.3 Å². The number of thioether (sulfide) groups is 1. The number of amides is 1. The van der Waals surface area contributed by atoms with Crippen LogP contribution in [0.15, 0.2) is 10.6 Å². The molecule has 0 aromatic heterocycles. The smallest absolute Gasteiger partial charge is 0.353 e. The lowest BCUT2D eigenvalue weighted by molar-refractivity contribution is -0.156. The second kappa shape index (κ2) is 5.15. The summed E-state index contributed by atoms with van der Waals surface area (Å²) in [6.07, 6.45) is 3.11. The fraction of sp³-hybridized carbons (Fsp3) is 0.667. The van der Waals surface area contributed by atoms with Crippen LogP contribution in [0, 0.1) is 0 Å². The fourth-order valence-corrected chi connectivity index (χ4v) is 3.76. The highest BCUT2D eigenvalue weighted by Gasteiger charge is 2.48. The Bertz CT molecular complexity index is 443. The molecule has 0 spiro atoms. The van der Waals surface area contributed by atoms with E-state index in [9.17, 15) is 14.7 Å². The first-order valence-electron chi connectivity index (χ1n) is 6.35. The van der Waals surface area contributed by atoms with E-state index in [1.807, 2.05) is 0 Å². The van der Waals surface area contributed by atoms with E-state index in [1.165, 1.54) is 16.7 Å². The van der Waals surface area contributed by atoms with Crippen molar-refractivity contribution in [1.82, 2.24) is 4.90 Å². The largest absolute Gasteiger partial charge is 0.477 e. The first-order chi connectivity index (χ1) is 9.16. The predicted molar refractivity (Wildman–Crippen MR) is 67.0 cm³/mol. The van der Waals surface area contributed by atoms with Gasteiger partial charge in [-0.05, 0) is 19.3 Å². The zero-order valence-electron chi connectivity index (χ0n) is 10.3. The van der Waals surface area contributed by atoms with Crippen molar-refractivity contribution in [2.75, 3.05) is 13.2 Å². The van der Waals surface area contributed by atoms with E-state index in [0.29, 0.717) is 17.9 Å². The zero-order valence-corrected chi connectivity index (χ0v) is 11.1. The Balaban J connectivity index is 1.66. The Morgan fingerprint density at radius 3 is 3.00 bits per heavy atom. The zero-order chi connectivity index (χ0) is 13.4. The van der Waals surface area contributed by atoms with Gasteiger partial charge in [-0.3, -0.25) is 9.69 Å². The topological polar surface area (TPSA) is 76.1 Å². The Morgan fingerprint density at radius 1 is 1.53 bits per heavy atom. The van der Waals surface area contributed by atoms with Gasteiger partial charge in [-0.1, -0.05) is 11.8 Å². The molecule has 2 fully saturated rings. The van der Waals surface area contributed by atoms with E-state index in [2.05, 4.69) is 0 Å². The van der Waals surface area contributed by atoms with Crippen LogP contribution in [-0.4, -0.2) is 46.8 Å². The second-order valence-corrected chi connectivity index (χ2v) is 6.00. The molecule has 3 rings (SSSR count). The van der Waals surface area contributed by atoms with Crippen LogP contribution in [0.4, 0.5) is 0 Å². The molecule has 19 heavy (non-hydrogen) atoms. The first-order valence-corrected chi connectivity index (χ1v) is 7.23. The molecule has 104 valence electrons. The quantitative estimate of drug-likeness (QED) is 0.780. The molecule has 0 aliphatic carbocycles. The molecule has 0 radical (unpaired) electrons. The van der Waals surface area contributed by atoms with Crippen molar-refractivity contribution >= 4 is 23.6 Å². The summed E-state index contributed by atoms with van der Waals surface area (Å²) in [5, 5.41) is 9.16. The van der Waals surface area contributed by atoms with Gasteiger partial charge in [0.05, 0.1) is 18.4 Å². The third-order valence-corrected chi connectivity index (χ3v) is 4.68. The molecule has 0 bridgehead atoms. The summed E-state index contributed by atoms with van der Waals surface area (Å²) in [6, 6.07) is 0. The third-order valence-electron chi connectivity index (χ3n) is 3.43. The summed E-state index contributed by atoms with van der Waals surface area (Å²) < 4.78 is 11.0. The summed E-state index contributed by atoms with van der Waals surface area (Å²) in [7, 11) is 0. The molecule has 3 aliphatic heterocycles. The molecule has 3 aliphatic rings. The monoisotopic (exact) mass is 285 g/mol. The van der Waals surface area contributed by atoms with Gasteiger partial charge >= 0.3 is 5.97 Å². The molecule has 1 N–H and O–H groups in total.